The standard InChI is InChI=1S/C26H25FN4O4/c1-3-5-9-15-31-22-18(25(33)30-14-10-8-13-21(30)28-22)16-19(26(34)35-4-2)23(31)29-24(32)17-11-6-7-12-20(17)27/h6-8,10-14,16H,3-5,9,15H2,1-2H3. The lowest BCUT2D eigenvalue weighted by atomic mass is 10.1. The van der Waals surface area contributed by atoms with Crippen LogP contribution in [0.5, 0.6) is 0 Å². The van der Waals surface area contributed by atoms with Crippen molar-refractivity contribution in [1.29, 1.82) is 0 Å². The quantitative estimate of drug-likeness (QED) is 0.229. The Morgan fingerprint density at radius 1 is 1.06 bits per heavy atom. The van der Waals surface area contributed by atoms with Crippen LogP contribution in [0.25, 0.3) is 16.7 Å². The van der Waals surface area contributed by atoms with Gasteiger partial charge in [0, 0.05) is 12.7 Å². The van der Waals surface area contributed by atoms with Crippen LogP contribution in [0.3, 0.4) is 0 Å². The van der Waals surface area contributed by atoms with Crippen molar-refractivity contribution in [1.82, 2.24) is 14.0 Å². The first-order valence-electron chi connectivity index (χ1n) is 11.5. The molecular formula is C26H25FN4O4. The van der Waals surface area contributed by atoms with Crippen molar-refractivity contribution >= 4 is 28.6 Å². The third-order valence-corrected chi connectivity index (χ3v) is 5.58. The number of ether oxygens (including phenoxy) is 1. The molecule has 0 radical (unpaired) electrons. The second kappa shape index (κ2) is 10.4. The second-order valence-corrected chi connectivity index (χ2v) is 7.94. The highest BCUT2D eigenvalue weighted by atomic mass is 19.1. The van der Waals surface area contributed by atoms with Gasteiger partial charge in [0.1, 0.15) is 22.7 Å². The van der Waals surface area contributed by atoms with E-state index in [0.717, 1.165) is 12.8 Å². The van der Waals surface area contributed by atoms with Crippen LogP contribution in [0, 0.1) is 5.82 Å². The number of hydrogen-bond acceptors (Lipinski definition) is 5. The Kier molecular flexibility index (Phi) is 7.14. The zero-order chi connectivity index (χ0) is 24.9. The van der Waals surface area contributed by atoms with Crippen molar-refractivity contribution in [2.24, 2.45) is 4.99 Å². The topological polar surface area (TPSA) is 95.0 Å². The molecule has 4 rings (SSSR count). The number of fused-ring (bicyclic) bond motifs is 2. The van der Waals surface area contributed by atoms with Gasteiger partial charge in [0.2, 0.25) is 0 Å². The van der Waals surface area contributed by atoms with Gasteiger partial charge in [0.05, 0.1) is 17.6 Å². The summed E-state index contributed by atoms with van der Waals surface area (Å²) in [6.45, 7) is 4.13. The van der Waals surface area contributed by atoms with Gasteiger partial charge in [-0.15, -0.1) is 0 Å². The molecule has 0 saturated carbocycles. The summed E-state index contributed by atoms with van der Waals surface area (Å²) in [6.07, 6.45) is 4.07. The number of halogens is 1. The Morgan fingerprint density at radius 2 is 1.83 bits per heavy atom. The Morgan fingerprint density at radius 3 is 2.57 bits per heavy atom. The highest BCUT2D eigenvalue weighted by Gasteiger charge is 2.20. The Bertz CT molecular complexity index is 1560. The van der Waals surface area contributed by atoms with Crippen molar-refractivity contribution in [2.45, 2.75) is 39.7 Å². The molecule has 0 aliphatic carbocycles. The number of benzene rings is 1. The van der Waals surface area contributed by atoms with Crippen molar-refractivity contribution in [2.75, 3.05) is 6.61 Å². The summed E-state index contributed by atoms with van der Waals surface area (Å²) in [7, 11) is 0. The van der Waals surface area contributed by atoms with E-state index in [1.165, 1.54) is 34.7 Å². The minimum atomic E-state index is -0.852. The number of esters is 1. The molecule has 35 heavy (non-hydrogen) atoms. The van der Waals surface area contributed by atoms with Crippen LogP contribution in [0.15, 0.2) is 64.5 Å². The van der Waals surface area contributed by atoms with Crippen molar-refractivity contribution in [3.63, 3.8) is 0 Å². The number of nitrogens with zero attached hydrogens (tertiary/aromatic N) is 4. The van der Waals surface area contributed by atoms with Crippen molar-refractivity contribution in [3.05, 3.63) is 87.5 Å². The number of aryl methyl sites for hydroxylation is 1. The van der Waals surface area contributed by atoms with Crippen LogP contribution in [-0.2, 0) is 11.3 Å². The average molecular weight is 477 g/mol. The predicted molar refractivity (Wildman–Crippen MR) is 129 cm³/mol. The van der Waals surface area contributed by atoms with Gasteiger partial charge in [-0.1, -0.05) is 38.0 Å². The first-order chi connectivity index (χ1) is 17.0. The fourth-order valence-corrected chi connectivity index (χ4v) is 3.88. The lowest BCUT2D eigenvalue weighted by molar-refractivity contribution is 0.0523. The number of hydrogen-bond donors (Lipinski definition) is 0. The fraction of sp³-hybridized carbons (Fsp3) is 0.269. The third kappa shape index (κ3) is 4.75. The molecule has 0 spiro atoms. The number of carbonyl (C=O) groups is 2. The van der Waals surface area contributed by atoms with Crippen molar-refractivity contribution < 1.29 is 18.7 Å². The Hall–Kier alpha value is -4.14. The number of unbranched alkanes of at least 4 members (excludes halogenated alkanes) is 2. The Balaban J connectivity index is 2.10. The molecule has 0 unspecified atom stereocenters. The largest absolute Gasteiger partial charge is 0.462 e. The third-order valence-electron chi connectivity index (χ3n) is 5.58. The summed E-state index contributed by atoms with van der Waals surface area (Å²) in [6, 6.07) is 12.0. The maximum Gasteiger partial charge on any atom is 0.341 e. The molecule has 1 aromatic carbocycles. The van der Waals surface area contributed by atoms with E-state index in [1.807, 2.05) is 6.92 Å². The van der Waals surface area contributed by atoms with E-state index in [2.05, 4.69) is 9.98 Å². The molecule has 1 amide bonds. The molecule has 0 saturated heterocycles. The molecule has 3 aromatic heterocycles. The molecule has 0 atom stereocenters. The summed E-state index contributed by atoms with van der Waals surface area (Å²) < 4.78 is 22.5. The monoisotopic (exact) mass is 476 g/mol. The molecule has 180 valence electrons. The first kappa shape index (κ1) is 24.0. The van der Waals surface area contributed by atoms with Gasteiger partial charge in [-0.25, -0.2) is 14.2 Å². The second-order valence-electron chi connectivity index (χ2n) is 7.94. The molecule has 0 fully saturated rings. The molecule has 4 aromatic rings. The van der Waals surface area contributed by atoms with Crippen LogP contribution < -0.4 is 11.0 Å². The number of rotatable bonds is 7. The lowest BCUT2D eigenvalue weighted by Crippen LogP contribution is -2.33. The van der Waals surface area contributed by atoms with Gasteiger partial charge in [0.15, 0.2) is 5.49 Å². The maximum absolute atomic E-state index is 14.3. The van der Waals surface area contributed by atoms with E-state index >= 15 is 0 Å². The van der Waals surface area contributed by atoms with Crippen LogP contribution >= 0.6 is 0 Å². The minimum absolute atomic E-state index is 0.0208. The zero-order valence-electron chi connectivity index (χ0n) is 19.5. The molecule has 8 nitrogen and oxygen atoms in total. The van der Waals surface area contributed by atoms with Crippen molar-refractivity contribution in [3.8, 4) is 0 Å². The van der Waals surface area contributed by atoms with E-state index < -0.39 is 17.7 Å². The molecule has 0 N–H and O–H groups in total. The number of amides is 1. The predicted octanol–water partition coefficient (Wildman–Crippen LogP) is 3.90. The normalized spacial score (nSPS) is 11.8. The van der Waals surface area contributed by atoms with Crippen LogP contribution in [0.4, 0.5) is 4.39 Å². The molecule has 0 aliphatic heterocycles. The summed E-state index contributed by atoms with van der Waals surface area (Å²) >= 11 is 0. The smallest absolute Gasteiger partial charge is 0.341 e. The van der Waals surface area contributed by atoms with Gasteiger partial charge in [-0.2, -0.15) is 4.99 Å². The van der Waals surface area contributed by atoms with Gasteiger partial charge in [-0.3, -0.25) is 14.0 Å². The Labute approximate surface area is 200 Å². The lowest BCUT2D eigenvalue weighted by Gasteiger charge is -2.15. The zero-order valence-corrected chi connectivity index (χ0v) is 19.5. The number of aromatic nitrogens is 3. The summed E-state index contributed by atoms with van der Waals surface area (Å²) in [5, 5.41) is 0.186. The van der Waals surface area contributed by atoms with Crippen LogP contribution in [0.1, 0.15) is 53.8 Å². The van der Waals surface area contributed by atoms with Gasteiger partial charge < -0.3 is 9.30 Å². The van der Waals surface area contributed by atoms with E-state index in [0.29, 0.717) is 18.6 Å². The summed E-state index contributed by atoms with van der Waals surface area (Å²) in [5.41, 5.74) is 0.0131. The number of pyridine rings is 2. The SMILES string of the molecule is CCCCCn1c(=NC(=O)c2ccccc2F)c(C(=O)OCC)cc2c(=O)n3ccccc3nc21. The molecule has 0 bridgehead atoms. The van der Waals surface area contributed by atoms with Crippen LogP contribution in [-0.4, -0.2) is 32.4 Å². The average Bonchev–Trinajstić information content (AvgIpc) is 2.85. The van der Waals surface area contributed by atoms with E-state index in [-0.39, 0.29) is 39.8 Å². The van der Waals surface area contributed by atoms with E-state index in [9.17, 15) is 18.8 Å². The summed E-state index contributed by atoms with van der Waals surface area (Å²) in [4.78, 5) is 48.1. The van der Waals surface area contributed by atoms with E-state index in [1.54, 1.807) is 35.9 Å². The molecule has 9 heteroatoms. The number of carbonyl (C=O) groups excluding carboxylic acids is 2. The van der Waals surface area contributed by atoms with E-state index in [4.69, 9.17) is 4.74 Å². The molecule has 0 aliphatic rings. The van der Waals surface area contributed by atoms with Gasteiger partial charge in [0.25, 0.3) is 11.5 Å². The molecular weight excluding hydrogens is 451 g/mol. The minimum Gasteiger partial charge on any atom is -0.462 e. The van der Waals surface area contributed by atoms with Gasteiger partial charge in [-0.05, 0) is 43.7 Å². The first-order valence-corrected chi connectivity index (χ1v) is 11.5. The summed E-state index contributed by atoms with van der Waals surface area (Å²) in [5.74, 6) is -2.31. The van der Waals surface area contributed by atoms with Gasteiger partial charge >= 0.3 is 5.97 Å². The highest BCUT2D eigenvalue weighted by molar-refractivity contribution is 5.97. The molecule has 3 heterocycles. The van der Waals surface area contributed by atoms with Crippen LogP contribution in [0.2, 0.25) is 0 Å². The fourth-order valence-electron chi connectivity index (χ4n) is 3.88. The highest BCUT2D eigenvalue weighted by Crippen LogP contribution is 2.14. The maximum atomic E-state index is 14.3.